The second kappa shape index (κ2) is 7.75. The van der Waals surface area contributed by atoms with Crippen LogP contribution in [0.3, 0.4) is 0 Å². The minimum absolute atomic E-state index is 0.0191. The van der Waals surface area contributed by atoms with E-state index in [1.165, 1.54) is 0 Å². The second-order valence-corrected chi connectivity index (χ2v) is 6.97. The first-order valence-corrected chi connectivity index (χ1v) is 9.68. The maximum atomic E-state index is 13.1. The van der Waals surface area contributed by atoms with E-state index in [0.717, 1.165) is 27.8 Å². The Morgan fingerprint density at radius 1 is 0.935 bits per heavy atom. The molecule has 8 heteroatoms. The summed E-state index contributed by atoms with van der Waals surface area (Å²) in [5.74, 6) is 0.334. The molecule has 5 aromatic rings. The molecule has 152 valence electrons. The summed E-state index contributed by atoms with van der Waals surface area (Å²) < 4.78 is 6.49. The van der Waals surface area contributed by atoms with Gasteiger partial charge in [-0.2, -0.15) is 0 Å². The van der Waals surface area contributed by atoms with E-state index in [4.69, 9.17) is 10.4 Å². The Morgan fingerprint density at radius 3 is 2.48 bits per heavy atom. The number of benzene rings is 3. The molecule has 0 saturated heterocycles. The van der Waals surface area contributed by atoms with Crippen molar-refractivity contribution in [2.24, 2.45) is 0 Å². The van der Waals surface area contributed by atoms with E-state index in [9.17, 15) is 4.79 Å². The Bertz CT molecular complexity index is 1370. The van der Waals surface area contributed by atoms with Crippen LogP contribution in [0.25, 0.3) is 33.7 Å². The van der Waals surface area contributed by atoms with Crippen molar-refractivity contribution in [1.82, 2.24) is 19.9 Å². The highest BCUT2D eigenvalue weighted by Gasteiger charge is 2.21. The highest BCUT2D eigenvalue weighted by molar-refractivity contribution is 5.96. The van der Waals surface area contributed by atoms with E-state index in [2.05, 4.69) is 20.6 Å². The van der Waals surface area contributed by atoms with Crippen LogP contribution in [-0.4, -0.2) is 25.8 Å². The van der Waals surface area contributed by atoms with Crippen LogP contribution in [0.2, 0.25) is 0 Å². The molecule has 3 aromatic carbocycles. The van der Waals surface area contributed by atoms with Gasteiger partial charge in [-0.25, -0.2) is 9.61 Å². The third kappa shape index (κ3) is 3.51. The van der Waals surface area contributed by atoms with Gasteiger partial charge in [-0.15, -0.1) is 0 Å². The van der Waals surface area contributed by atoms with Crippen LogP contribution in [0.1, 0.15) is 0 Å². The number of aromatic nitrogens is 4. The Kier molecular flexibility index (Phi) is 4.64. The number of amides is 1. The minimum Gasteiger partial charge on any atom is -0.379 e. The molecule has 0 fully saturated rings. The van der Waals surface area contributed by atoms with Gasteiger partial charge in [0.1, 0.15) is 6.54 Å². The largest absolute Gasteiger partial charge is 0.379 e. The van der Waals surface area contributed by atoms with E-state index in [1.54, 1.807) is 4.57 Å². The number of rotatable bonds is 5. The van der Waals surface area contributed by atoms with Crippen molar-refractivity contribution < 1.29 is 9.42 Å². The molecular formula is C23H18N6O2. The highest BCUT2D eigenvalue weighted by atomic mass is 16.6. The third-order valence-corrected chi connectivity index (χ3v) is 4.97. The van der Waals surface area contributed by atoms with Gasteiger partial charge >= 0.3 is 0 Å². The summed E-state index contributed by atoms with van der Waals surface area (Å²) in [7, 11) is 0. The molecule has 5 rings (SSSR count). The van der Waals surface area contributed by atoms with Crippen LogP contribution in [-0.2, 0) is 11.3 Å². The van der Waals surface area contributed by atoms with Crippen molar-refractivity contribution in [3.05, 3.63) is 78.9 Å². The Hall–Kier alpha value is -4.46. The lowest BCUT2D eigenvalue weighted by molar-refractivity contribution is -0.116. The van der Waals surface area contributed by atoms with Crippen LogP contribution >= 0.6 is 0 Å². The van der Waals surface area contributed by atoms with Crippen LogP contribution in [0, 0.1) is 0 Å². The molecule has 0 unspecified atom stereocenters. The summed E-state index contributed by atoms with van der Waals surface area (Å²) in [5.41, 5.74) is 10.4. The molecule has 8 nitrogen and oxygen atoms in total. The number of nitrogens with one attached hydrogen (secondary N) is 1. The topological polar surface area (TPSA) is 112 Å². The molecule has 0 aliphatic carbocycles. The lowest BCUT2D eigenvalue weighted by Gasteiger charge is -2.13. The van der Waals surface area contributed by atoms with Gasteiger partial charge in [0.05, 0.1) is 11.0 Å². The Labute approximate surface area is 177 Å². The van der Waals surface area contributed by atoms with Crippen LogP contribution in [0.5, 0.6) is 0 Å². The molecule has 0 radical (unpaired) electrons. The smallest absolute Gasteiger partial charge is 0.244 e. The van der Waals surface area contributed by atoms with Gasteiger partial charge in [0.25, 0.3) is 0 Å². The first kappa shape index (κ1) is 18.6. The molecular weight excluding hydrogens is 392 g/mol. The number of nitrogens with zero attached hydrogens (tertiary/aromatic N) is 4. The molecule has 2 heterocycles. The molecule has 2 aromatic heterocycles. The number of hydrogen-bond donors (Lipinski definition) is 2. The van der Waals surface area contributed by atoms with Crippen molar-refractivity contribution in [3.63, 3.8) is 0 Å². The maximum Gasteiger partial charge on any atom is 0.244 e. The summed E-state index contributed by atoms with van der Waals surface area (Å²) in [6.45, 7) is 0.0191. The van der Waals surface area contributed by atoms with Crippen molar-refractivity contribution in [3.8, 4) is 22.6 Å². The number of anilines is 2. The molecule has 0 spiro atoms. The minimum atomic E-state index is -0.206. The zero-order valence-electron chi connectivity index (χ0n) is 16.4. The quantitative estimate of drug-likeness (QED) is 0.453. The summed E-state index contributed by atoms with van der Waals surface area (Å²) in [5, 5.41) is 10.5. The van der Waals surface area contributed by atoms with Gasteiger partial charge in [-0.3, -0.25) is 4.79 Å². The monoisotopic (exact) mass is 410 g/mol. The number of nitrogens with two attached hydrogens (primary N) is 1. The van der Waals surface area contributed by atoms with Gasteiger partial charge in [0, 0.05) is 11.3 Å². The lowest BCUT2D eigenvalue weighted by atomic mass is 10.0. The van der Waals surface area contributed by atoms with E-state index in [-0.39, 0.29) is 18.3 Å². The molecule has 0 aliphatic rings. The summed E-state index contributed by atoms with van der Waals surface area (Å²) in [6, 6.07) is 25.1. The van der Waals surface area contributed by atoms with Gasteiger partial charge in [0.15, 0.2) is 17.3 Å². The number of carbonyl (C=O) groups is 1. The summed E-state index contributed by atoms with van der Waals surface area (Å²) in [6.07, 6.45) is 0. The predicted octanol–water partition coefficient (Wildman–Crippen LogP) is 3.97. The van der Waals surface area contributed by atoms with Crippen molar-refractivity contribution >= 4 is 28.4 Å². The Balaban J connectivity index is 1.50. The van der Waals surface area contributed by atoms with Gasteiger partial charge < -0.3 is 15.6 Å². The number of carbonyl (C=O) groups excluding carboxylic acids is 1. The SMILES string of the molecule is Nc1nonc1-c1nc2ccccc2n1CC(=O)Nc1ccccc1-c1ccccc1. The van der Waals surface area contributed by atoms with E-state index >= 15 is 0 Å². The van der Waals surface area contributed by atoms with Crippen molar-refractivity contribution in [2.45, 2.75) is 6.54 Å². The predicted molar refractivity (Wildman–Crippen MR) is 118 cm³/mol. The van der Waals surface area contributed by atoms with Crippen LogP contribution < -0.4 is 11.1 Å². The fraction of sp³-hybridized carbons (Fsp3) is 0.0435. The average Bonchev–Trinajstić information content (AvgIpc) is 3.38. The summed E-state index contributed by atoms with van der Waals surface area (Å²) >= 11 is 0. The molecule has 0 bridgehead atoms. The molecule has 0 atom stereocenters. The molecule has 0 saturated carbocycles. The first-order chi connectivity index (χ1) is 15.2. The zero-order valence-corrected chi connectivity index (χ0v) is 16.4. The first-order valence-electron chi connectivity index (χ1n) is 9.68. The zero-order chi connectivity index (χ0) is 21.2. The van der Waals surface area contributed by atoms with E-state index in [0.29, 0.717) is 11.5 Å². The number of para-hydroxylation sites is 3. The maximum absolute atomic E-state index is 13.1. The number of hydrogen-bond acceptors (Lipinski definition) is 6. The standard InChI is InChI=1S/C23H18N6O2/c24-22-21(27-31-28-22)23-26-18-12-6-7-13-19(18)29(23)14-20(30)25-17-11-5-4-10-16(17)15-8-2-1-3-9-15/h1-13H,14H2,(H2,24,28)(H,25,30). The molecule has 1 amide bonds. The Morgan fingerprint density at radius 2 is 1.68 bits per heavy atom. The average molecular weight is 410 g/mol. The number of fused-ring (bicyclic) bond motifs is 1. The number of imidazole rings is 1. The van der Waals surface area contributed by atoms with Gasteiger partial charge in [-0.05, 0) is 34.1 Å². The normalized spacial score (nSPS) is 11.0. The lowest BCUT2D eigenvalue weighted by Crippen LogP contribution is -2.20. The van der Waals surface area contributed by atoms with Crippen molar-refractivity contribution in [1.29, 1.82) is 0 Å². The van der Waals surface area contributed by atoms with Crippen LogP contribution in [0.15, 0.2) is 83.5 Å². The van der Waals surface area contributed by atoms with Crippen molar-refractivity contribution in [2.75, 3.05) is 11.1 Å². The van der Waals surface area contributed by atoms with E-state index < -0.39 is 0 Å². The molecule has 0 aliphatic heterocycles. The van der Waals surface area contributed by atoms with Gasteiger partial charge in [0.2, 0.25) is 5.91 Å². The fourth-order valence-corrected chi connectivity index (χ4v) is 3.56. The number of nitrogen functional groups attached to an aromatic ring is 1. The third-order valence-electron chi connectivity index (χ3n) is 4.97. The fourth-order valence-electron chi connectivity index (χ4n) is 3.56. The highest BCUT2D eigenvalue weighted by Crippen LogP contribution is 2.29. The molecule has 3 N–H and O–H groups in total. The van der Waals surface area contributed by atoms with E-state index in [1.807, 2.05) is 78.9 Å². The van der Waals surface area contributed by atoms with Crippen LogP contribution in [0.4, 0.5) is 11.5 Å². The van der Waals surface area contributed by atoms with Gasteiger partial charge in [-0.1, -0.05) is 60.7 Å². The molecule has 31 heavy (non-hydrogen) atoms. The second-order valence-electron chi connectivity index (χ2n) is 6.97. The summed E-state index contributed by atoms with van der Waals surface area (Å²) in [4.78, 5) is 17.6.